The Balaban J connectivity index is 1.84. The Bertz CT molecular complexity index is 779. The van der Waals surface area contributed by atoms with E-state index in [2.05, 4.69) is 9.88 Å². The molecule has 0 saturated carbocycles. The molecular weight excluding hydrogens is 350 g/mol. The molecule has 0 N–H and O–H groups in total. The van der Waals surface area contributed by atoms with Crippen molar-refractivity contribution < 1.29 is 9.53 Å². The number of amides is 1. The minimum absolute atomic E-state index is 0.147. The van der Waals surface area contributed by atoms with Crippen molar-refractivity contribution >= 4 is 23.2 Å². The van der Waals surface area contributed by atoms with Crippen LogP contribution in [0.15, 0.2) is 36.5 Å². The van der Waals surface area contributed by atoms with E-state index in [1.165, 1.54) is 0 Å². The first-order valence-corrected chi connectivity index (χ1v) is 9.27. The molecule has 0 spiro atoms. The fourth-order valence-corrected chi connectivity index (χ4v) is 3.24. The molecule has 26 heavy (non-hydrogen) atoms. The number of carbonyl (C=O) groups excluding carboxylic acids is 1. The van der Waals surface area contributed by atoms with Crippen LogP contribution in [-0.4, -0.2) is 49.6 Å². The Kier molecular flexibility index (Phi) is 6.12. The molecule has 3 rings (SSSR count). The summed E-state index contributed by atoms with van der Waals surface area (Å²) in [6.07, 6.45) is 4.14. The second-order valence-corrected chi connectivity index (χ2v) is 7.08. The van der Waals surface area contributed by atoms with Crippen LogP contribution in [0.25, 0.3) is 11.3 Å². The molecule has 6 heteroatoms. The quantitative estimate of drug-likeness (QED) is 0.691. The minimum atomic E-state index is 0.147. The van der Waals surface area contributed by atoms with Crippen LogP contribution in [0.3, 0.4) is 0 Å². The lowest BCUT2D eigenvalue weighted by atomic mass is 10.1. The smallest absolute Gasteiger partial charge is 0.227 e. The fraction of sp³-hybridized carbons (Fsp3) is 0.400. The van der Waals surface area contributed by atoms with Gasteiger partial charge in [0.1, 0.15) is 5.75 Å². The second kappa shape index (κ2) is 8.52. The van der Waals surface area contributed by atoms with E-state index in [0.717, 1.165) is 42.9 Å². The van der Waals surface area contributed by atoms with Crippen LogP contribution in [0.4, 0.5) is 5.69 Å². The van der Waals surface area contributed by atoms with Crippen LogP contribution >= 0.6 is 11.6 Å². The molecule has 0 bridgehead atoms. The number of hydrogen-bond acceptors (Lipinski definition) is 4. The normalized spacial score (nSPS) is 14.3. The number of anilines is 1. The molecule has 1 fully saturated rings. The van der Waals surface area contributed by atoms with Gasteiger partial charge in [0.2, 0.25) is 5.91 Å². The van der Waals surface area contributed by atoms with Crippen molar-refractivity contribution in [3.05, 3.63) is 41.6 Å². The van der Waals surface area contributed by atoms with Gasteiger partial charge in [-0.05, 0) is 51.2 Å². The van der Waals surface area contributed by atoms with Crippen LogP contribution in [0.2, 0.25) is 5.02 Å². The zero-order valence-corrected chi connectivity index (χ0v) is 16.0. The molecule has 1 aromatic carbocycles. The lowest BCUT2D eigenvalue weighted by Crippen LogP contribution is -2.24. The Morgan fingerprint density at radius 2 is 2.15 bits per heavy atom. The Hall–Kier alpha value is -2.11. The molecule has 2 aromatic rings. The summed E-state index contributed by atoms with van der Waals surface area (Å²) in [7, 11) is 4.08. The number of ether oxygens (including phenoxy) is 1. The first kappa shape index (κ1) is 18.7. The SMILES string of the molecule is CN(C)CCCOc1cc(-c2ncccc2N2CCCC2=O)ccc1Cl. The average molecular weight is 374 g/mol. The summed E-state index contributed by atoms with van der Waals surface area (Å²) in [4.78, 5) is 20.6. The van der Waals surface area contributed by atoms with Gasteiger partial charge in [0.25, 0.3) is 0 Å². The fourth-order valence-electron chi connectivity index (χ4n) is 3.06. The van der Waals surface area contributed by atoms with Crippen LogP contribution < -0.4 is 9.64 Å². The number of benzene rings is 1. The topological polar surface area (TPSA) is 45.7 Å². The van der Waals surface area contributed by atoms with E-state index in [1.54, 1.807) is 6.20 Å². The van der Waals surface area contributed by atoms with Crippen LogP contribution in [-0.2, 0) is 4.79 Å². The number of rotatable bonds is 7. The number of pyridine rings is 1. The molecule has 0 atom stereocenters. The summed E-state index contributed by atoms with van der Waals surface area (Å²) in [5.74, 6) is 0.792. The Morgan fingerprint density at radius 1 is 1.31 bits per heavy atom. The number of halogens is 1. The van der Waals surface area contributed by atoms with Crippen molar-refractivity contribution in [3.63, 3.8) is 0 Å². The van der Waals surface area contributed by atoms with Crippen molar-refractivity contribution in [3.8, 4) is 17.0 Å². The third-order valence-corrected chi connectivity index (χ3v) is 4.67. The average Bonchev–Trinajstić information content (AvgIpc) is 3.06. The molecule has 2 heterocycles. The van der Waals surface area contributed by atoms with Gasteiger partial charge in [0.05, 0.1) is 23.0 Å². The maximum atomic E-state index is 12.2. The highest BCUT2D eigenvalue weighted by atomic mass is 35.5. The molecule has 0 unspecified atom stereocenters. The van der Waals surface area contributed by atoms with Gasteiger partial charge in [-0.3, -0.25) is 9.78 Å². The van der Waals surface area contributed by atoms with Gasteiger partial charge >= 0.3 is 0 Å². The zero-order valence-electron chi connectivity index (χ0n) is 15.2. The van der Waals surface area contributed by atoms with Gasteiger partial charge in [-0.15, -0.1) is 0 Å². The summed E-state index contributed by atoms with van der Waals surface area (Å²) in [6.45, 7) is 2.29. The third-order valence-electron chi connectivity index (χ3n) is 4.36. The number of aromatic nitrogens is 1. The summed E-state index contributed by atoms with van der Waals surface area (Å²) in [5.41, 5.74) is 2.51. The Morgan fingerprint density at radius 3 is 2.88 bits per heavy atom. The summed E-state index contributed by atoms with van der Waals surface area (Å²) < 4.78 is 5.87. The summed E-state index contributed by atoms with van der Waals surface area (Å²) in [6, 6.07) is 9.45. The van der Waals surface area contributed by atoms with Crippen molar-refractivity contribution in [1.82, 2.24) is 9.88 Å². The van der Waals surface area contributed by atoms with Crippen LogP contribution in [0, 0.1) is 0 Å². The molecular formula is C20H24ClN3O2. The Labute approximate surface area is 159 Å². The number of hydrogen-bond donors (Lipinski definition) is 0. The molecule has 0 radical (unpaired) electrons. The molecule has 1 aromatic heterocycles. The molecule has 1 aliphatic rings. The monoisotopic (exact) mass is 373 g/mol. The van der Waals surface area contributed by atoms with Gasteiger partial charge in [0.15, 0.2) is 0 Å². The third kappa shape index (κ3) is 4.34. The van der Waals surface area contributed by atoms with Gasteiger partial charge in [0, 0.05) is 31.3 Å². The van der Waals surface area contributed by atoms with E-state index >= 15 is 0 Å². The lowest BCUT2D eigenvalue weighted by molar-refractivity contribution is -0.117. The molecule has 1 aliphatic heterocycles. The van der Waals surface area contributed by atoms with Crippen LogP contribution in [0.5, 0.6) is 5.75 Å². The van der Waals surface area contributed by atoms with E-state index in [0.29, 0.717) is 23.8 Å². The molecule has 0 aliphatic carbocycles. The van der Waals surface area contributed by atoms with Gasteiger partial charge in [-0.2, -0.15) is 0 Å². The predicted octanol–water partition coefficient (Wildman–Crippen LogP) is 3.86. The highest BCUT2D eigenvalue weighted by molar-refractivity contribution is 6.32. The summed E-state index contributed by atoms with van der Waals surface area (Å²) >= 11 is 6.29. The van der Waals surface area contributed by atoms with Gasteiger partial charge < -0.3 is 14.5 Å². The van der Waals surface area contributed by atoms with E-state index in [4.69, 9.17) is 16.3 Å². The first-order valence-electron chi connectivity index (χ1n) is 8.89. The van der Waals surface area contributed by atoms with Gasteiger partial charge in [-0.1, -0.05) is 17.7 Å². The predicted molar refractivity (Wildman–Crippen MR) is 105 cm³/mol. The molecule has 5 nitrogen and oxygen atoms in total. The standard InChI is InChI=1S/C20H24ClN3O2/c1-23(2)11-5-13-26-18-14-15(8-9-16(18)21)20-17(6-3-10-22-20)24-12-4-7-19(24)25/h3,6,8-10,14H,4-5,7,11-13H2,1-2H3. The number of carbonyl (C=O) groups is 1. The first-order chi connectivity index (χ1) is 12.6. The molecule has 1 amide bonds. The molecule has 138 valence electrons. The van der Waals surface area contributed by atoms with E-state index in [-0.39, 0.29) is 5.91 Å². The van der Waals surface area contributed by atoms with Crippen molar-refractivity contribution in [2.45, 2.75) is 19.3 Å². The molecule has 1 saturated heterocycles. The zero-order chi connectivity index (χ0) is 18.5. The maximum Gasteiger partial charge on any atom is 0.227 e. The van der Waals surface area contributed by atoms with E-state index in [1.807, 2.05) is 49.3 Å². The lowest BCUT2D eigenvalue weighted by Gasteiger charge is -2.19. The highest BCUT2D eigenvalue weighted by Gasteiger charge is 2.24. The summed E-state index contributed by atoms with van der Waals surface area (Å²) in [5, 5.41) is 0.577. The van der Waals surface area contributed by atoms with Crippen LogP contribution in [0.1, 0.15) is 19.3 Å². The van der Waals surface area contributed by atoms with Crippen molar-refractivity contribution in [2.75, 3.05) is 38.7 Å². The number of nitrogens with zero attached hydrogens (tertiary/aromatic N) is 3. The van der Waals surface area contributed by atoms with Gasteiger partial charge in [-0.25, -0.2) is 0 Å². The second-order valence-electron chi connectivity index (χ2n) is 6.67. The maximum absolute atomic E-state index is 12.2. The minimum Gasteiger partial charge on any atom is -0.492 e. The van der Waals surface area contributed by atoms with Crippen molar-refractivity contribution in [1.29, 1.82) is 0 Å². The highest BCUT2D eigenvalue weighted by Crippen LogP contribution is 2.35. The van der Waals surface area contributed by atoms with E-state index < -0.39 is 0 Å². The largest absolute Gasteiger partial charge is 0.492 e. The van der Waals surface area contributed by atoms with Crippen molar-refractivity contribution in [2.24, 2.45) is 0 Å². The van der Waals surface area contributed by atoms with E-state index in [9.17, 15) is 4.79 Å².